The van der Waals surface area contributed by atoms with Gasteiger partial charge in [0.05, 0.1) is 6.61 Å². The summed E-state index contributed by atoms with van der Waals surface area (Å²) in [6, 6.07) is 5.64. The van der Waals surface area contributed by atoms with Crippen molar-refractivity contribution in [2.45, 2.75) is 56.8 Å². The van der Waals surface area contributed by atoms with E-state index in [1.807, 2.05) is 27.9 Å². The van der Waals surface area contributed by atoms with Gasteiger partial charge in [0.25, 0.3) is 0 Å². The van der Waals surface area contributed by atoms with Crippen LogP contribution in [0.4, 0.5) is 0 Å². The fraction of sp³-hybridized carbons (Fsp3) is 0.483. The van der Waals surface area contributed by atoms with Gasteiger partial charge in [-0.05, 0) is 59.1 Å². The Hall–Kier alpha value is -3.34. The minimum Gasteiger partial charge on any atom is -0.508 e. The zero-order valence-electron chi connectivity index (χ0n) is 24.5. The van der Waals surface area contributed by atoms with Crippen molar-refractivity contribution in [1.82, 2.24) is 4.90 Å². The summed E-state index contributed by atoms with van der Waals surface area (Å²) in [7, 11) is 4.01. The summed E-state index contributed by atoms with van der Waals surface area (Å²) < 4.78 is 28.4. The number of phenols is 4. The first-order valence-electron chi connectivity index (χ1n) is 13.5. The number of aliphatic hydroxyl groups is 2. The maximum atomic E-state index is 12.1. The predicted molar refractivity (Wildman–Crippen MR) is 158 cm³/mol. The van der Waals surface area contributed by atoms with E-state index in [0.717, 1.165) is 37.2 Å². The minimum atomic E-state index is -1.01. The third-order valence-corrected chi connectivity index (χ3v) is 6.83. The second kappa shape index (κ2) is 14.2. The van der Waals surface area contributed by atoms with E-state index in [1.165, 1.54) is 6.07 Å². The van der Waals surface area contributed by atoms with E-state index in [1.54, 1.807) is 0 Å². The van der Waals surface area contributed by atoms with Crippen LogP contribution < -0.4 is 5.43 Å². The summed E-state index contributed by atoms with van der Waals surface area (Å²) in [6.07, 6.45) is -2.17. The van der Waals surface area contributed by atoms with E-state index >= 15 is 0 Å². The van der Waals surface area contributed by atoms with Gasteiger partial charge >= 0.3 is 0 Å². The molecule has 5 rings (SSSR count). The zero-order chi connectivity index (χ0) is 31.6. The Balaban J connectivity index is 0.000000235. The Morgan fingerprint density at radius 2 is 1.70 bits per heavy atom. The monoisotopic (exact) mass is 643 g/mol. The molecule has 0 saturated carbocycles. The molecule has 2 fully saturated rings. The molecule has 2 aliphatic rings. The van der Waals surface area contributed by atoms with Gasteiger partial charge in [0.1, 0.15) is 46.9 Å². The quantitative estimate of drug-likeness (QED) is 0.138. The van der Waals surface area contributed by atoms with E-state index in [9.17, 15) is 35.4 Å². The lowest BCUT2D eigenvalue weighted by Gasteiger charge is -2.28. The highest BCUT2D eigenvalue weighted by Gasteiger charge is 2.56. The van der Waals surface area contributed by atoms with E-state index in [-0.39, 0.29) is 58.9 Å². The number of halogens is 1. The molecule has 15 heteroatoms. The van der Waals surface area contributed by atoms with Crippen LogP contribution in [-0.2, 0) is 18.9 Å². The molecule has 44 heavy (non-hydrogen) atoms. The van der Waals surface area contributed by atoms with Crippen LogP contribution in [0, 0.1) is 0 Å². The molecule has 1 aromatic heterocycles. The molecule has 5 atom stereocenters. The highest BCUT2D eigenvalue weighted by Crippen LogP contribution is 2.40. The number of ether oxygens (including phenoxy) is 4. The number of hydrogen-bond donors (Lipinski definition) is 7. The van der Waals surface area contributed by atoms with Crippen molar-refractivity contribution in [3.8, 4) is 40.1 Å². The fourth-order valence-electron chi connectivity index (χ4n) is 4.84. The van der Waals surface area contributed by atoms with Gasteiger partial charge < -0.3 is 64.0 Å². The molecule has 0 spiro atoms. The summed E-state index contributed by atoms with van der Waals surface area (Å²) in [5, 5.41) is 66.7. The van der Waals surface area contributed by atoms with Crippen LogP contribution in [0.5, 0.6) is 28.7 Å². The first-order chi connectivity index (χ1) is 20.2. The topological polar surface area (TPSA) is 212 Å². The molecule has 0 amide bonds. The number of fused-ring (bicyclic) bond motifs is 2. The first-order valence-corrected chi connectivity index (χ1v) is 13.5. The minimum absolute atomic E-state index is 0. The average molecular weight is 644 g/mol. The Morgan fingerprint density at radius 3 is 2.34 bits per heavy atom. The lowest BCUT2D eigenvalue weighted by molar-refractivity contribution is -0.231. The Bertz CT molecular complexity index is 1490. The average Bonchev–Trinajstić information content (AvgIpc) is 3.41. The van der Waals surface area contributed by atoms with Crippen LogP contribution >= 0.6 is 12.4 Å². The SMILES string of the molecule is CN(C)CCCOC1C(C(O)CO)OC2OC(C)(C)OC21.Cl.O=c1c(O)c(-c2ccc(O)c(O)c2)oc2cc(O)cc(O)c12. The van der Waals surface area contributed by atoms with Crippen molar-refractivity contribution in [1.29, 1.82) is 0 Å². The highest BCUT2D eigenvalue weighted by molar-refractivity contribution is 5.88. The Kier molecular flexibility index (Phi) is 11.3. The molecule has 2 saturated heterocycles. The van der Waals surface area contributed by atoms with Crippen LogP contribution in [0.1, 0.15) is 20.3 Å². The highest BCUT2D eigenvalue weighted by atomic mass is 35.5. The number of nitrogens with zero attached hydrogens (tertiary/aromatic N) is 1. The fourth-order valence-corrected chi connectivity index (χ4v) is 4.84. The maximum Gasteiger partial charge on any atom is 0.238 e. The van der Waals surface area contributed by atoms with Crippen molar-refractivity contribution in [2.24, 2.45) is 0 Å². The van der Waals surface area contributed by atoms with Crippen molar-refractivity contribution in [3.63, 3.8) is 0 Å². The number of aromatic hydroxyl groups is 5. The van der Waals surface area contributed by atoms with Crippen molar-refractivity contribution >= 4 is 23.4 Å². The summed E-state index contributed by atoms with van der Waals surface area (Å²) in [6.45, 7) is 4.70. The van der Waals surface area contributed by atoms with Crippen LogP contribution in [0.2, 0.25) is 0 Å². The van der Waals surface area contributed by atoms with Crippen molar-refractivity contribution in [2.75, 3.05) is 33.9 Å². The van der Waals surface area contributed by atoms with Gasteiger partial charge in [-0.15, -0.1) is 12.4 Å². The maximum absolute atomic E-state index is 12.1. The molecule has 3 aromatic rings. The summed E-state index contributed by atoms with van der Waals surface area (Å²) in [5.74, 6) is -3.44. The smallest absolute Gasteiger partial charge is 0.238 e. The molecule has 3 heterocycles. The Morgan fingerprint density at radius 1 is 1.00 bits per heavy atom. The second-order valence-electron chi connectivity index (χ2n) is 11.0. The molecular formula is C29H38ClNO13. The third-order valence-electron chi connectivity index (χ3n) is 6.83. The van der Waals surface area contributed by atoms with Gasteiger partial charge in [0, 0.05) is 24.3 Å². The lowest BCUT2D eigenvalue weighted by atomic mass is 10.1. The molecule has 2 aromatic carbocycles. The standard InChI is InChI=1S/C15H10O7.C14H27NO6.ClH/c16-7-4-10(19)12-11(5-7)22-15(14(21)13(12)20)6-1-2-8(17)9(18)3-6;1-14(2)20-12-11(18-7-5-6-15(3)4)10(9(17)8-16)19-13(12)21-14;/h1-5,16-19,21H;9-13,16-17H,5-8H2,1-4H3;1H. The van der Waals surface area contributed by atoms with Gasteiger partial charge in [-0.3, -0.25) is 4.79 Å². The van der Waals surface area contributed by atoms with E-state index in [4.69, 9.17) is 28.5 Å². The van der Waals surface area contributed by atoms with Crippen LogP contribution in [-0.4, -0.2) is 111 Å². The summed E-state index contributed by atoms with van der Waals surface area (Å²) >= 11 is 0. The molecule has 0 bridgehead atoms. The zero-order valence-corrected chi connectivity index (χ0v) is 25.4. The number of rotatable bonds is 8. The predicted octanol–water partition coefficient (Wildman–Crippen LogP) is 1.96. The van der Waals surface area contributed by atoms with Gasteiger partial charge in [-0.1, -0.05) is 0 Å². The normalized spacial score (nSPS) is 22.7. The van der Waals surface area contributed by atoms with E-state index in [2.05, 4.69) is 4.90 Å². The summed E-state index contributed by atoms with van der Waals surface area (Å²) in [4.78, 5) is 14.2. The number of benzene rings is 2. The van der Waals surface area contributed by atoms with Gasteiger partial charge in [-0.2, -0.15) is 0 Å². The van der Waals surface area contributed by atoms with Gasteiger partial charge in [-0.25, -0.2) is 0 Å². The third kappa shape index (κ3) is 7.65. The first kappa shape index (κ1) is 35.1. The number of phenolic OH excluding ortho intramolecular Hbond substituents is 4. The molecule has 14 nitrogen and oxygen atoms in total. The van der Waals surface area contributed by atoms with Gasteiger partial charge in [0.15, 0.2) is 29.3 Å². The molecule has 0 radical (unpaired) electrons. The lowest BCUT2D eigenvalue weighted by Crippen LogP contribution is -2.44. The molecule has 2 aliphatic heterocycles. The summed E-state index contributed by atoms with van der Waals surface area (Å²) in [5.41, 5.74) is -0.890. The molecular weight excluding hydrogens is 606 g/mol. The number of aliphatic hydroxyl groups excluding tert-OH is 2. The van der Waals surface area contributed by atoms with Crippen LogP contribution in [0.25, 0.3) is 22.3 Å². The van der Waals surface area contributed by atoms with Crippen molar-refractivity contribution < 1.29 is 59.1 Å². The molecule has 7 N–H and O–H groups in total. The number of hydrogen-bond acceptors (Lipinski definition) is 14. The molecule has 5 unspecified atom stereocenters. The molecule has 244 valence electrons. The van der Waals surface area contributed by atoms with Gasteiger partial charge in [0.2, 0.25) is 11.2 Å². The van der Waals surface area contributed by atoms with E-state index in [0.29, 0.717) is 6.61 Å². The van der Waals surface area contributed by atoms with Crippen molar-refractivity contribution in [3.05, 3.63) is 40.6 Å². The van der Waals surface area contributed by atoms with Crippen LogP contribution in [0.15, 0.2) is 39.5 Å². The largest absolute Gasteiger partial charge is 0.508 e. The second-order valence-corrected chi connectivity index (χ2v) is 11.0. The van der Waals surface area contributed by atoms with Crippen LogP contribution in [0.3, 0.4) is 0 Å². The molecule has 0 aliphatic carbocycles. The van der Waals surface area contributed by atoms with E-state index < -0.39 is 53.1 Å². The Labute approximate surface area is 258 Å².